The second kappa shape index (κ2) is 3.38. The van der Waals surface area contributed by atoms with E-state index in [0.29, 0.717) is 5.57 Å². The van der Waals surface area contributed by atoms with E-state index in [1.54, 1.807) is 6.92 Å². The summed E-state index contributed by atoms with van der Waals surface area (Å²) in [6.07, 6.45) is 2.90. The van der Waals surface area contributed by atoms with E-state index in [-0.39, 0.29) is 12.0 Å². The molecular formula is C8H9NO4. The lowest BCUT2D eigenvalue weighted by Gasteiger charge is -2.11. The molecule has 0 aromatic rings. The molecule has 1 unspecified atom stereocenters. The fourth-order valence-corrected chi connectivity index (χ4v) is 1.25. The van der Waals surface area contributed by atoms with Crippen LogP contribution in [0.4, 0.5) is 0 Å². The summed E-state index contributed by atoms with van der Waals surface area (Å²) in [5.74, 6) is -1.08. The van der Waals surface area contributed by atoms with E-state index >= 15 is 0 Å². The molecule has 1 aliphatic carbocycles. The van der Waals surface area contributed by atoms with E-state index in [2.05, 4.69) is 0 Å². The number of nitro groups is 1. The summed E-state index contributed by atoms with van der Waals surface area (Å²) >= 11 is 0. The van der Waals surface area contributed by atoms with Gasteiger partial charge in [0.05, 0.1) is 6.42 Å². The van der Waals surface area contributed by atoms with Crippen molar-refractivity contribution in [1.82, 2.24) is 0 Å². The number of hydrogen-bond acceptors (Lipinski definition) is 3. The minimum Gasteiger partial charge on any atom is -0.478 e. The third kappa shape index (κ3) is 2.14. The molecular weight excluding hydrogens is 174 g/mol. The molecule has 0 amide bonds. The fraction of sp³-hybridized carbons (Fsp3) is 0.375. The van der Waals surface area contributed by atoms with Crippen LogP contribution in [0.2, 0.25) is 0 Å². The van der Waals surface area contributed by atoms with Crippen LogP contribution < -0.4 is 0 Å². The molecule has 5 heteroatoms. The minimum atomic E-state index is -1.08. The molecule has 1 N–H and O–H groups in total. The first-order chi connectivity index (χ1) is 6.00. The Hall–Kier alpha value is -1.65. The number of carboxylic acids is 1. The van der Waals surface area contributed by atoms with E-state index in [9.17, 15) is 14.9 Å². The molecule has 5 nitrogen and oxygen atoms in total. The molecule has 0 aromatic heterocycles. The maximum atomic E-state index is 10.5. The fourth-order valence-electron chi connectivity index (χ4n) is 1.25. The summed E-state index contributed by atoms with van der Waals surface area (Å²) in [6.45, 7) is 1.65. The van der Waals surface area contributed by atoms with E-state index in [1.807, 2.05) is 0 Å². The van der Waals surface area contributed by atoms with Crippen molar-refractivity contribution < 1.29 is 14.8 Å². The second-order valence-corrected chi connectivity index (χ2v) is 2.94. The van der Waals surface area contributed by atoms with Crippen molar-refractivity contribution in [3.05, 3.63) is 33.4 Å². The highest BCUT2D eigenvalue weighted by atomic mass is 16.6. The van der Waals surface area contributed by atoms with Crippen molar-refractivity contribution in [1.29, 1.82) is 0 Å². The Labute approximate surface area is 74.5 Å². The van der Waals surface area contributed by atoms with Gasteiger partial charge in [0.1, 0.15) is 0 Å². The highest BCUT2D eigenvalue weighted by Crippen LogP contribution is 2.19. The van der Waals surface area contributed by atoms with Crippen LogP contribution in [0.5, 0.6) is 0 Å². The highest BCUT2D eigenvalue weighted by Gasteiger charge is 2.25. The van der Waals surface area contributed by atoms with Gasteiger partial charge in [0.15, 0.2) is 0 Å². The average molecular weight is 183 g/mol. The number of carboxylic acid groups (broad SMARTS) is 1. The van der Waals surface area contributed by atoms with Gasteiger partial charge in [-0.3, -0.25) is 10.1 Å². The molecule has 0 spiro atoms. The van der Waals surface area contributed by atoms with Crippen LogP contribution in [0.15, 0.2) is 23.3 Å². The summed E-state index contributed by atoms with van der Waals surface area (Å²) in [4.78, 5) is 20.5. The highest BCUT2D eigenvalue weighted by molar-refractivity contribution is 5.87. The first kappa shape index (κ1) is 9.44. The van der Waals surface area contributed by atoms with Gasteiger partial charge in [0.2, 0.25) is 6.04 Å². The molecule has 0 radical (unpaired) electrons. The molecule has 0 bridgehead atoms. The van der Waals surface area contributed by atoms with E-state index in [0.717, 1.165) is 0 Å². The normalized spacial score (nSPS) is 21.8. The summed E-state index contributed by atoms with van der Waals surface area (Å²) in [7, 11) is 0. The zero-order chi connectivity index (χ0) is 10.0. The lowest BCUT2D eigenvalue weighted by molar-refractivity contribution is -0.508. The van der Waals surface area contributed by atoms with Gasteiger partial charge in [-0.2, -0.15) is 0 Å². The second-order valence-electron chi connectivity index (χ2n) is 2.94. The van der Waals surface area contributed by atoms with Crippen molar-refractivity contribution in [2.24, 2.45) is 0 Å². The zero-order valence-corrected chi connectivity index (χ0v) is 7.06. The molecule has 0 aromatic carbocycles. The van der Waals surface area contributed by atoms with Crippen LogP contribution >= 0.6 is 0 Å². The molecule has 1 rings (SSSR count). The molecule has 13 heavy (non-hydrogen) atoms. The Morgan fingerprint density at radius 2 is 2.38 bits per heavy atom. The molecule has 70 valence electrons. The van der Waals surface area contributed by atoms with Crippen molar-refractivity contribution >= 4 is 5.97 Å². The minimum absolute atomic E-state index is 0.0281. The van der Waals surface area contributed by atoms with Gasteiger partial charge in [0.25, 0.3) is 0 Å². The van der Waals surface area contributed by atoms with Crippen LogP contribution in [0.1, 0.15) is 13.3 Å². The number of carbonyl (C=O) groups is 1. The Morgan fingerprint density at radius 3 is 2.85 bits per heavy atom. The molecule has 0 saturated heterocycles. The zero-order valence-electron chi connectivity index (χ0n) is 7.06. The summed E-state index contributed by atoms with van der Waals surface area (Å²) in [5.41, 5.74) is 0.729. The van der Waals surface area contributed by atoms with Gasteiger partial charge >= 0.3 is 5.97 Å². The van der Waals surface area contributed by atoms with E-state index in [1.165, 1.54) is 12.2 Å². The molecule has 0 fully saturated rings. The van der Waals surface area contributed by atoms with Gasteiger partial charge in [-0.15, -0.1) is 0 Å². The summed E-state index contributed by atoms with van der Waals surface area (Å²) in [6, 6.07) is -0.892. The third-order valence-corrected chi connectivity index (χ3v) is 1.83. The third-order valence-electron chi connectivity index (χ3n) is 1.83. The number of rotatable bonds is 2. The van der Waals surface area contributed by atoms with Crippen LogP contribution in [-0.2, 0) is 4.79 Å². The van der Waals surface area contributed by atoms with Crippen molar-refractivity contribution in [3.8, 4) is 0 Å². The molecule has 0 aliphatic heterocycles. The summed E-state index contributed by atoms with van der Waals surface area (Å²) in [5, 5.41) is 19.0. The number of nitrogens with zero attached hydrogens (tertiary/aromatic N) is 1. The monoisotopic (exact) mass is 183 g/mol. The topological polar surface area (TPSA) is 80.4 Å². The Morgan fingerprint density at radius 1 is 1.77 bits per heavy atom. The largest absolute Gasteiger partial charge is 0.478 e. The van der Waals surface area contributed by atoms with Crippen LogP contribution in [0.3, 0.4) is 0 Å². The van der Waals surface area contributed by atoms with Gasteiger partial charge in [-0.25, -0.2) is 4.79 Å². The Balaban J connectivity index is 2.90. The van der Waals surface area contributed by atoms with E-state index in [4.69, 9.17) is 5.11 Å². The van der Waals surface area contributed by atoms with Gasteiger partial charge in [-0.1, -0.05) is 0 Å². The van der Waals surface area contributed by atoms with Crippen molar-refractivity contribution in [3.63, 3.8) is 0 Å². The number of hydrogen-bond donors (Lipinski definition) is 1. The number of aliphatic carboxylic acids is 1. The standard InChI is InChI=1S/C8H9NO4/c1-5-2-6(8(10)11)4-7(3-5)9(12)13/h2-3,7H,4H2,1H3,(H,10,11). The van der Waals surface area contributed by atoms with Crippen LogP contribution in [0.25, 0.3) is 0 Å². The predicted octanol–water partition coefficient (Wildman–Crippen LogP) is 0.993. The lowest BCUT2D eigenvalue weighted by atomic mass is 9.97. The molecule has 0 saturated carbocycles. The average Bonchev–Trinajstić information content (AvgIpc) is 2.03. The molecule has 0 heterocycles. The quantitative estimate of drug-likeness (QED) is 0.511. The molecule has 1 atom stereocenters. The number of allylic oxidation sites excluding steroid dienone is 2. The van der Waals surface area contributed by atoms with Gasteiger partial charge in [-0.05, 0) is 24.6 Å². The summed E-state index contributed by atoms with van der Waals surface area (Å²) < 4.78 is 0. The Bertz CT molecular complexity index is 316. The van der Waals surface area contributed by atoms with Crippen LogP contribution in [0, 0.1) is 10.1 Å². The maximum Gasteiger partial charge on any atom is 0.331 e. The first-order valence-electron chi connectivity index (χ1n) is 3.76. The Kier molecular flexibility index (Phi) is 2.46. The van der Waals surface area contributed by atoms with Crippen LogP contribution in [-0.4, -0.2) is 22.0 Å². The smallest absolute Gasteiger partial charge is 0.331 e. The maximum absolute atomic E-state index is 10.5. The van der Waals surface area contributed by atoms with E-state index < -0.39 is 16.9 Å². The molecule has 1 aliphatic rings. The van der Waals surface area contributed by atoms with Crippen molar-refractivity contribution in [2.75, 3.05) is 0 Å². The SMILES string of the molecule is CC1=CC([N+](=O)[O-])CC(C(=O)O)=C1. The van der Waals surface area contributed by atoms with Crippen molar-refractivity contribution in [2.45, 2.75) is 19.4 Å². The van der Waals surface area contributed by atoms with Gasteiger partial charge in [0, 0.05) is 10.5 Å². The van der Waals surface area contributed by atoms with Gasteiger partial charge < -0.3 is 5.11 Å². The predicted molar refractivity (Wildman–Crippen MR) is 44.9 cm³/mol. The first-order valence-corrected chi connectivity index (χ1v) is 3.76. The lowest BCUT2D eigenvalue weighted by Crippen LogP contribution is -2.22.